The third-order valence-corrected chi connectivity index (χ3v) is 5.18. The molecule has 3 heterocycles. The van der Waals surface area contributed by atoms with Crippen LogP contribution in [0.4, 0.5) is 19.0 Å². The number of hydrogen-bond acceptors (Lipinski definition) is 4. The van der Waals surface area contributed by atoms with Crippen molar-refractivity contribution in [2.75, 3.05) is 4.90 Å². The molecule has 9 heteroatoms. The highest BCUT2D eigenvalue weighted by atomic mass is 19.4. The van der Waals surface area contributed by atoms with Crippen molar-refractivity contribution in [3.05, 3.63) is 70.9 Å². The number of carbonyl (C=O) groups excluding carboxylic acids is 1. The second kappa shape index (κ2) is 6.98. The van der Waals surface area contributed by atoms with Gasteiger partial charge in [0.25, 0.3) is 5.91 Å². The largest absolute Gasteiger partial charge is 0.416 e. The summed E-state index contributed by atoms with van der Waals surface area (Å²) in [5.74, 6) is 0.735. The van der Waals surface area contributed by atoms with Crippen LogP contribution >= 0.6 is 0 Å². The zero-order valence-electron chi connectivity index (χ0n) is 15.8. The van der Waals surface area contributed by atoms with Crippen molar-refractivity contribution in [1.82, 2.24) is 19.7 Å². The maximum absolute atomic E-state index is 13.3. The third kappa shape index (κ3) is 3.48. The summed E-state index contributed by atoms with van der Waals surface area (Å²) in [6.07, 6.45) is -0.689. The van der Waals surface area contributed by atoms with Crippen LogP contribution in [0, 0.1) is 0 Å². The number of carbonyl (C=O) groups is 1. The Morgan fingerprint density at radius 2 is 2.03 bits per heavy atom. The van der Waals surface area contributed by atoms with Crippen LogP contribution in [0.15, 0.2) is 42.9 Å². The van der Waals surface area contributed by atoms with Gasteiger partial charge in [0.2, 0.25) is 0 Å². The van der Waals surface area contributed by atoms with Crippen molar-refractivity contribution in [1.29, 1.82) is 0 Å². The first-order valence-corrected chi connectivity index (χ1v) is 9.05. The van der Waals surface area contributed by atoms with E-state index in [1.54, 1.807) is 18.6 Å². The molecule has 29 heavy (non-hydrogen) atoms. The molecule has 4 rings (SSSR count). The van der Waals surface area contributed by atoms with E-state index in [9.17, 15) is 18.0 Å². The average molecular weight is 401 g/mol. The SMILES string of the molecule is CC(Cc1nncn1C)c1ccnc(N2Cc3c(cccc3C(F)(F)F)C2=O)c1. The Balaban J connectivity index is 1.62. The number of fused-ring (bicyclic) bond motifs is 1. The maximum atomic E-state index is 13.3. The first-order chi connectivity index (χ1) is 13.8. The fourth-order valence-corrected chi connectivity index (χ4v) is 3.56. The minimum atomic E-state index is -4.51. The number of aryl methyl sites for hydroxylation is 1. The molecule has 0 saturated carbocycles. The van der Waals surface area contributed by atoms with Gasteiger partial charge in [-0.15, -0.1) is 10.2 Å². The van der Waals surface area contributed by atoms with Crippen molar-refractivity contribution >= 4 is 11.7 Å². The predicted octanol–water partition coefficient (Wildman–Crippen LogP) is 3.74. The molecule has 0 fully saturated rings. The zero-order valence-corrected chi connectivity index (χ0v) is 15.8. The summed E-state index contributed by atoms with van der Waals surface area (Å²) >= 11 is 0. The second-order valence-corrected chi connectivity index (χ2v) is 7.13. The predicted molar refractivity (Wildman–Crippen MR) is 99.3 cm³/mol. The molecule has 1 aliphatic rings. The topological polar surface area (TPSA) is 63.9 Å². The number of aromatic nitrogens is 4. The molecule has 1 aliphatic heterocycles. The normalized spacial score (nSPS) is 14.9. The van der Waals surface area contributed by atoms with Gasteiger partial charge < -0.3 is 4.57 Å². The summed E-state index contributed by atoms with van der Waals surface area (Å²) < 4.78 is 41.8. The van der Waals surface area contributed by atoms with Gasteiger partial charge in [-0.05, 0) is 41.3 Å². The number of pyridine rings is 1. The molecule has 3 aromatic rings. The van der Waals surface area contributed by atoms with Crippen molar-refractivity contribution in [2.45, 2.75) is 32.0 Å². The highest BCUT2D eigenvalue weighted by Crippen LogP contribution is 2.38. The fourth-order valence-electron chi connectivity index (χ4n) is 3.56. The number of rotatable bonds is 4. The Kier molecular flexibility index (Phi) is 4.60. The number of nitrogens with zero attached hydrogens (tertiary/aromatic N) is 5. The summed E-state index contributed by atoms with van der Waals surface area (Å²) in [6, 6.07) is 7.27. The molecule has 1 aromatic carbocycles. The highest BCUT2D eigenvalue weighted by Gasteiger charge is 2.40. The number of benzene rings is 1. The molecular weight excluding hydrogens is 383 g/mol. The summed E-state index contributed by atoms with van der Waals surface area (Å²) in [7, 11) is 1.86. The van der Waals surface area contributed by atoms with Crippen molar-refractivity contribution in [3.8, 4) is 0 Å². The van der Waals surface area contributed by atoms with Gasteiger partial charge >= 0.3 is 6.18 Å². The van der Waals surface area contributed by atoms with E-state index < -0.39 is 17.6 Å². The van der Waals surface area contributed by atoms with Crippen molar-refractivity contribution in [2.24, 2.45) is 7.05 Å². The average Bonchev–Trinajstić information content (AvgIpc) is 3.24. The van der Waals surface area contributed by atoms with E-state index in [-0.39, 0.29) is 23.6 Å². The van der Waals surface area contributed by atoms with E-state index in [0.29, 0.717) is 12.2 Å². The van der Waals surface area contributed by atoms with Crippen molar-refractivity contribution < 1.29 is 18.0 Å². The molecule has 0 bridgehead atoms. The minimum Gasteiger partial charge on any atom is -0.321 e. The second-order valence-electron chi connectivity index (χ2n) is 7.13. The van der Waals surface area contributed by atoms with Gasteiger partial charge in [-0.1, -0.05) is 13.0 Å². The minimum absolute atomic E-state index is 0.00987. The Morgan fingerprint density at radius 1 is 1.24 bits per heavy atom. The molecule has 6 nitrogen and oxygen atoms in total. The van der Waals surface area contributed by atoms with E-state index in [4.69, 9.17) is 0 Å². The van der Waals surface area contributed by atoms with E-state index in [2.05, 4.69) is 15.2 Å². The van der Waals surface area contributed by atoms with Crippen LogP contribution in [-0.4, -0.2) is 25.7 Å². The van der Waals surface area contributed by atoms with Crippen LogP contribution < -0.4 is 4.90 Å². The number of hydrogen-bond donors (Lipinski definition) is 0. The number of alkyl halides is 3. The standard InChI is InChI=1S/C20H18F3N5O/c1-12(8-18-26-25-11-27(18)2)13-6-7-24-17(9-13)28-10-15-14(19(28)29)4-3-5-16(15)20(21,22)23/h3-7,9,11-12H,8,10H2,1-2H3. The number of halogens is 3. The van der Waals surface area contributed by atoms with Gasteiger partial charge in [0.05, 0.1) is 12.1 Å². The smallest absolute Gasteiger partial charge is 0.321 e. The lowest BCUT2D eigenvalue weighted by atomic mass is 9.98. The van der Waals surface area contributed by atoms with Crippen LogP contribution in [0.25, 0.3) is 0 Å². The summed E-state index contributed by atoms with van der Waals surface area (Å²) in [6.45, 7) is 1.86. The van der Waals surface area contributed by atoms with E-state index >= 15 is 0 Å². The zero-order chi connectivity index (χ0) is 20.8. The van der Waals surface area contributed by atoms with Crippen LogP contribution in [0.5, 0.6) is 0 Å². The van der Waals surface area contributed by atoms with Gasteiger partial charge in [-0.25, -0.2) is 4.98 Å². The summed E-state index contributed by atoms with van der Waals surface area (Å²) in [4.78, 5) is 18.3. The molecule has 0 aliphatic carbocycles. The molecule has 0 N–H and O–H groups in total. The van der Waals surface area contributed by atoms with Crippen molar-refractivity contribution in [3.63, 3.8) is 0 Å². The van der Waals surface area contributed by atoms with Gasteiger partial charge in [-0.2, -0.15) is 13.2 Å². The summed E-state index contributed by atoms with van der Waals surface area (Å²) in [5.41, 5.74) is 0.193. The Bertz CT molecular complexity index is 1080. The number of anilines is 1. The van der Waals surface area contributed by atoms with Crippen LogP contribution in [0.1, 0.15) is 45.7 Å². The van der Waals surface area contributed by atoms with Gasteiger partial charge in [0, 0.05) is 25.2 Å². The first kappa shape index (κ1) is 19.1. The van der Waals surface area contributed by atoms with E-state index in [0.717, 1.165) is 17.5 Å². The quantitative estimate of drug-likeness (QED) is 0.668. The molecular formula is C20H18F3N5O. The number of amides is 1. The van der Waals surface area contributed by atoms with Gasteiger partial charge in [0.15, 0.2) is 0 Å². The van der Waals surface area contributed by atoms with E-state index in [1.807, 2.05) is 24.6 Å². The molecule has 1 atom stereocenters. The Morgan fingerprint density at radius 3 is 2.72 bits per heavy atom. The highest BCUT2D eigenvalue weighted by molar-refractivity contribution is 6.09. The molecule has 1 amide bonds. The molecule has 1 unspecified atom stereocenters. The lowest BCUT2D eigenvalue weighted by Gasteiger charge is -2.18. The lowest BCUT2D eigenvalue weighted by Crippen LogP contribution is -2.24. The third-order valence-electron chi connectivity index (χ3n) is 5.18. The molecule has 2 aromatic heterocycles. The molecule has 0 saturated heterocycles. The molecule has 150 valence electrons. The summed E-state index contributed by atoms with van der Waals surface area (Å²) in [5, 5.41) is 7.95. The fraction of sp³-hybridized carbons (Fsp3) is 0.300. The monoisotopic (exact) mass is 401 g/mol. The van der Waals surface area contributed by atoms with Gasteiger partial charge in [-0.3, -0.25) is 9.69 Å². The first-order valence-electron chi connectivity index (χ1n) is 9.05. The Hall–Kier alpha value is -3.23. The van der Waals surface area contributed by atoms with Crippen LogP contribution in [0.3, 0.4) is 0 Å². The Labute approximate surface area is 165 Å². The van der Waals surface area contributed by atoms with Crippen LogP contribution in [-0.2, 0) is 26.2 Å². The molecule has 0 spiro atoms. The van der Waals surface area contributed by atoms with E-state index in [1.165, 1.54) is 17.0 Å². The van der Waals surface area contributed by atoms with Crippen LogP contribution in [0.2, 0.25) is 0 Å². The lowest BCUT2D eigenvalue weighted by molar-refractivity contribution is -0.138. The maximum Gasteiger partial charge on any atom is 0.416 e. The molecule has 0 radical (unpaired) electrons. The van der Waals surface area contributed by atoms with Gasteiger partial charge in [0.1, 0.15) is 18.0 Å².